The number of carbonyl (C=O) groups excluding carboxylic acids is 1. The van der Waals surface area contributed by atoms with Crippen LogP contribution in [0.1, 0.15) is 54.5 Å². The first-order valence-electron chi connectivity index (χ1n) is 10.1. The highest BCUT2D eigenvalue weighted by Gasteiger charge is 2.33. The Morgan fingerprint density at radius 2 is 2.04 bits per heavy atom. The molecule has 5 rings (SSSR count). The molecule has 6 heteroatoms. The maximum Gasteiger partial charge on any atom is 0.236 e. The van der Waals surface area contributed by atoms with E-state index in [4.69, 9.17) is 4.98 Å². The number of aryl methyl sites for hydroxylation is 1. The number of aromatic amines is 1. The monoisotopic (exact) mass is 375 g/mol. The summed E-state index contributed by atoms with van der Waals surface area (Å²) in [6.45, 7) is 0.819. The van der Waals surface area contributed by atoms with Crippen molar-refractivity contribution in [3.8, 4) is 0 Å². The van der Waals surface area contributed by atoms with Gasteiger partial charge in [0, 0.05) is 32.1 Å². The van der Waals surface area contributed by atoms with Crippen molar-refractivity contribution in [2.24, 2.45) is 0 Å². The molecule has 1 aliphatic carbocycles. The van der Waals surface area contributed by atoms with E-state index in [0.717, 1.165) is 60.5 Å². The molecule has 0 spiro atoms. The van der Waals surface area contributed by atoms with Gasteiger partial charge in [-0.25, -0.2) is 9.99 Å². The lowest BCUT2D eigenvalue weighted by Gasteiger charge is -2.37. The van der Waals surface area contributed by atoms with Gasteiger partial charge < -0.3 is 4.98 Å². The standard InChI is InChI=1S/C22H25N5O/c1-26(27-13-5-10-21(27)28)19-9-4-6-15-11-12-16(23-22(15)19)14-20-24-17-7-2-3-8-18(17)25-20/h2-3,7-8,11-12,19H,4-6,9-10,13-14H2,1H3,(H,24,25)/t19-/m0/s1. The van der Waals surface area contributed by atoms with Crippen molar-refractivity contribution >= 4 is 16.9 Å². The third-order valence-corrected chi connectivity index (χ3v) is 5.98. The maximum atomic E-state index is 12.2. The predicted octanol–water partition coefficient (Wildman–Crippen LogP) is 3.40. The fraction of sp³-hybridized carbons (Fsp3) is 0.409. The highest BCUT2D eigenvalue weighted by atomic mass is 16.2. The van der Waals surface area contributed by atoms with Crippen molar-refractivity contribution in [1.82, 2.24) is 25.0 Å². The quantitative estimate of drug-likeness (QED) is 0.759. The molecule has 1 amide bonds. The molecule has 3 heterocycles. The first-order chi connectivity index (χ1) is 13.7. The molecule has 1 atom stereocenters. The van der Waals surface area contributed by atoms with E-state index < -0.39 is 0 Å². The van der Waals surface area contributed by atoms with Gasteiger partial charge in [-0.3, -0.25) is 14.8 Å². The summed E-state index contributed by atoms with van der Waals surface area (Å²) >= 11 is 0. The Balaban J connectivity index is 1.43. The molecule has 1 N–H and O–H groups in total. The number of rotatable bonds is 4. The van der Waals surface area contributed by atoms with Crippen LogP contribution in [0, 0.1) is 0 Å². The van der Waals surface area contributed by atoms with Gasteiger partial charge in [-0.2, -0.15) is 0 Å². The smallest absolute Gasteiger partial charge is 0.236 e. The summed E-state index contributed by atoms with van der Waals surface area (Å²) in [7, 11) is 2.04. The van der Waals surface area contributed by atoms with Crippen LogP contribution in [0.25, 0.3) is 11.0 Å². The second-order valence-corrected chi connectivity index (χ2v) is 7.83. The molecular weight excluding hydrogens is 350 g/mol. The molecule has 1 aliphatic heterocycles. The lowest BCUT2D eigenvalue weighted by atomic mass is 9.91. The minimum absolute atomic E-state index is 0.168. The number of amides is 1. The molecule has 1 saturated heterocycles. The van der Waals surface area contributed by atoms with Gasteiger partial charge in [0.25, 0.3) is 0 Å². The fourth-order valence-corrected chi connectivity index (χ4v) is 4.53. The van der Waals surface area contributed by atoms with Crippen LogP contribution in [0.5, 0.6) is 0 Å². The minimum atomic E-state index is 0.168. The van der Waals surface area contributed by atoms with E-state index in [1.807, 2.05) is 36.3 Å². The van der Waals surface area contributed by atoms with Crippen LogP contribution in [0.2, 0.25) is 0 Å². The summed E-state index contributed by atoms with van der Waals surface area (Å²) in [4.78, 5) is 25.3. The number of hydrazine groups is 1. The Hall–Kier alpha value is -2.73. The molecule has 0 unspecified atom stereocenters. The second kappa shape index (κ2) is 7.02. The largest absolute Gasteiger partial charge is 0.342 e. The average molecular weight is 375 g/mol. The molecule has 1 aromatic carbocycles. The Morgan fingerprint density at radius 1 is 1.14 bits per heavy atom. The highest BCUT2D eigenvalue weighted by molar-refractivity contribution is 5.77. The minimum Gasteiger partial charge on any atom is -0.342 e. The molecule has 3 aromatic rings. The number of aromatic nitrogens is 3. The summed E-state index contributed by atoms with van der Waals surface area (Å²) in [6.07, 6.45) is 5.52. The topological polar surface area (TPSA) is 65.1 Å². The molecule has 2 aromatic heterocycles. The summed E-state index contributed by atoms with van der Waals surface area (Å²) in [5.74, 6) is 1.16. The normalized spacial score (nSPS) is 19.6. The molecule has 28 heavy (non-hydrogen) atoms. The Morgan fingerprint density at radius 3 is 2.86 bits per heavy atom. The molecule has 0 saturated carbocycles. The van der Waals surface area contributed by atoms with Gasteiger partial charge in [-0.1, -0.05) is 18.2 Å². The van der Waals surface area contributed by atoms with Crippen molar-refractivity contribution in [1.29, 1.82) is 0 Å². The maximum absolute atomic E-state index is 12.2. The van der Waals surface area contributed by atoms with E-state index in [-0.39, 0.29) is 11.9 Å². The van der Waals surface area contributed by atoms with Crippen LogP contribution in [-0.2, 0) is 17.6 Å². The Labute approximate surface area is 164 Å². The van der Waals surface area contributed by atoms with E-state index in [1.54, 1.807) is 0 Å². The van der Waals surface area contributed by atoms with E-state index in [2.05, 4.69) is 27.1 Å². The lowest BCUT2D eigenvalue weighted by molar-refractivity contribution is -0.145. The SMILES string of the molecule is CN([C@H]1CCCc2ccc(Cc3nc4ccccc4[nH]3)nc21)N1CCCC1=O. The summed E-state index contributed by atoms with van der Waals surface area (Å²) < 4.78 is 0. The van der Waals surface area contributed by atoms with Gasteiger partial charge >= 0.3 is 0 Å². The number of fused-ring (bicyclic) bond motifs is 2. The number of imidazole rings is 1. The Bertz CT molecular complexity index is 994. The molecule has 6 nitrogen and oxygen atoms in total. The van der Waals surface area contributed by atoms with E-state index >= 15 is 0 Å². The zero-order valence-corrected chi connectivity index (χ0v) is 16.2. The number of carbonyl (C=O) groups is 1. The van der Waals surface area contributed by atoms with E-state index in [0.29, 0.717) is 12.8 Å². The van der Waals surface area contributed by atoms with Gasteiger partial charge in [0.1, 0.15) is 5.82 Å². The van der Waals surface area contributed by atoms with Crippen molar-refractivity contribution in [3.05, 3.63) is 59.2 Å². The second-order valence-electron chi connectivity index (χ2n) is 7.83. The van der Waals surface area contributed by atoms with Gasteiger partial charge in [0.05, 0.1) is 22.8 Å². The number of nitrogens with zero attached hydrogens (tertiary/aromatic N) is 4. The van der Waals surface area contributed by atoms with Crippen molar-refractivity contribution in [2.45, 2.75) is 44.6 Å². The number of benzene rings is 1. The first kappa shape index (κ1) is 17.4. The number of hydrogen-bond donors (Lipinski definition) is 1. The van der Waals surface area contributed by atoms with Crippen LogP contribution in [0.4, 0.5) is 0 Å². The van der Waals surface area contributed by atoms with Crippen LogP contribution in [0.15, 0.2) is 36.4 Å². The molecular formula is C22H25N5O. The van der Waals surface area contributed by atoms with Crippen LogP contribution in [0.3, 0.4) is 0 Å². The lowest BCUT2D eigenvalue weighted by Crippen LogP contribution is -2.44. The number of nitrogens with one attached hydrogen (secondary N) is 1. The van der Waals surface area contributed by atoms with Gasteiger partial charge in [-0.15, -0.1) is 0 Å². The zero-order valence-electron chi connectivity index (χ0n) is 16.2. The van der Waals surface area contributed by atoms with Crippen molar-refractivity contribution < 1.29 is 4.79 Å². The average Bonchev–Trinajstić information content (AvgIpc) is 3.32. The Kier molecular flexibility index (Phi) is 4.36. The summed E-state index contributed by atoms with van der Waals surface area (Å²) in [5, 5.41) is 4.04. The zero-order chi connectivity index (χ0) is 19.1. The van der Waals surface area contributed by atoms with Gasteiger partial charge in [0.15, 0.2) is 0 Å². The molecule has 2 aliphatic rings. The summed E-state index contributed by atoms with van der Waals surface area (Å²) in [6, 6.07) is 12.6. The van der Waals surface area contributed by atoms with Crippen molar-refractivity contribution in [3.63, 3.8) is 0 Å². The van der Waals surface area contributed by atoms with Crippen LogP contribution >= 0.6 is 0 Å². The van der Waals surface area contributed by atoms with E-state index in [9.17, 15) is 4.79 Å². The van der Waals surface area contributed by atoms with Crippen molar-refractivity contribution in [2.75, 3.05) is 13.6 Å². The summed E-state index contributed by atoms with van der Waals surface area (Å²) in [5.41, 5.74) is 5.50. The third-order valence-electron chi connectivity index (χ3n) is 5.98. The van der Waals surface area contributed by atoms with Gasteiger partial charge in [0.2, 0.25) is 5.91 Å². The predicted molar refractivity (Wildman–Crippen MR) is 108 cm³/mol. The number of hydrogen-bond acceptors (Lipinski definition) is 4. The number of pyridine rings is 1. The highest BCUT2D eigenvalue weighted by Crippen LogP contribution is 2.34. The van der Waals surface area contributed by atoms with Crippen LogP contribution < -0.4 is 0 Å². The number of H-pyrrole nitrogens is 1. The number of para-hydroxylation sites is 2. The molecule has 1 fully saturated rings. The molecule has 0 radical (unpaired) electrons. The van der Waals surface area contributed by atoms with Crippen LogP contribution in [-0.4, -0.2) is 44.5 Å². The fourth-order valence-electron chi connectivity index (χ4n) is 4.53. The molecule has 144 valence electrons. The van der Waals surface area contributed by atoms with Gasteiger partial charge in [-0.05, 0) is 49.4 Å². The molecule has 0 bridgehead atoms. The first-order valence-corrected chi connectivity index (χ1v) is 10.1. The van der Waals surface area contributed by atoms with E-state index in [1.165, 1.54) is 5.56 Å². The third kappa shape index (κ3) is 3.07.